The zero-order valence-electron chi connectivity index (χ0n) is 19.3. The number of methoxy groups -OCH3 is 1. The van der Waals surface area contributed by atoms with Crippen LogP contribution < -0.4 is 9.47 Å². The quantitative estimate of drug-likeness (QED) is 0.453. The predicted molar refractivity (Wildman–Crippen MR) is 128 cm³/mol. The Morgan fingerprint density at radius 1 is 1.12 bits per heavy atom. The van der Waals surface area contributed by atoms with Crippen molar-refractivity contribution in [2.75, 3.05) is 25.2 Å². The molecule has 1 aliphatic heterocycles. The number of ether oxygens (including phenoxy) is 2. The highest BCUT2D eigenvalue weighted by Crippen LogP contribution is 2.26. The molecule has 2 aromatic carbocycles. The lowest BCUT2D eigenvalue weighted by Gasteiger charge is -2.27. The van der Waals surface area contributed by atoms with E-state index in [9.17, 15) is 13.2 Å². The average Bonchev–Trinajstić information content (AvgIpc) is 3.48. The van der Waals surface area contributed by atoms with E-state index in [1.807, 2.05) is 43.3 Å². The molecule has 0 spiro atoms. The molecule has 4 rings (SSSR count). The lowest BCUT2D eigenvalue weighted by Crippen LogP contribution is -2.40. The van der Waals surface area contributed by atoms with Gasteiger partial charge in [-0.1, -0.05) is 24.2 Å². The normalized spacial score (nSPS) is 16.8. The van der Waals surface area contributed by atoms with Gasteiger partial charge in [0.05, 0.1) is 25.2 Å². The zero-order valence-corrected chi connectivity index (χ0v) is 20.1. The van der Waals surface area contributed by atoms with Crippen LogP contribution in [-0.4, -0.2) is 55.6 Å². The maximum atomic E-state index is 13.5. The maximum Gasteiger partial charge on any atom is 0.276 e. The molecule has 0 radical (unpaired) electrons. The van der Waals surface area contributed by atoms with E-state index in [-0.39, 0.29) is 29.7 Å². The molecule has 34 heavy (non-hydrogen) atoms. The van der Waals surface area contributed by atoms with Crippen LogP contribution in [0.15, 0.2) is 59.1 Å². The minimum atomic E-state index is -3.18. The number of hydrogen-bond donors (Lipinski definition) is 0. The molecule has 1 aliphatic rings. The summed E-state index contributed by atoms with van der Waals surface area (Å²) in [4.78, 5) is 15.0. The highest BCUT2D eigenvalue weighted by atomic mass is 32.2. The Morgan fingerprint density at radius 2 is 1.82 bits per heavy atom. The average molecular weight is 485 g/mol. The van der Waals surface area contributed by atoms with E-state index in [1.54, 1.807) is 30.2 Å². The number of aromatic nitrogens is 1. The van der Waals surface area contributed by atoms with Crippen molar-refractivity contribution < 1.29 is 27.2 Å². The maximum absolute atomic E-state index is 13.5. The largest absolute Gasteiger partial charge is 0.497 e. The second-order valence-corrected chi connectivity index (χ2v) is 10.5. The molecular formula is C25H28N2O6S. The first-order valence-corrected chi connectivity index (χ1v) is 13.0. The van der Waals surface area contributed by atoms with Gasteiger partial charge in [-0.25, -0.2) is 8.42 Å². The number of hydrogen-bond acceptors (Lipinski definition) is 7. The van der Waals surface area contributed by atoms with Gasteiger partial charge in [0.15, 0.2) is 21.3 Å². The fourth-order valence-corrected chi connectivity index (χ4v) is 5.64. The molecule has 1 saturated heterocycles. The number of rotatable bonds is 9. The predicted octanol–water partition coefficient (Wildman–Crippen LogP) is 3.97. The van der Waals surface area contributed by atoms with Crippen LogP contribution in [0.4, 0.5) is 0 Å². The van der Waals surface area contributed by atoms with Crippen LogP contribution in [0.1, 0.15) is 35.8 Å². The van der Waals surface area contributed by atoms with Crippen molar-refractivity contribution >= 4 is 15.7 Å². The zero-order chi connectivity index (χ0) is 24.1. The van der Waals surface area contributed by atoms with Gasteiger partial charge < -0.3 is 18.9 Å². The molecule has 180 valence electrons. The number of benzene rings is 2. The smallest absolute Gasteiger partial charge is 0.276 e. The van der Waals surface area contributed by atoms with Gasteiger partial charge in [0.25, 0.3) is 5.91 Å². The summed E-state index contributed by atoms with van der Waals surface area (Å²) in [5.41, 5.74) is 1.77. The van der Waals surface area contributed by atoms with Crippen molar-refractivity contribution in [3.63, 3.8) is 0 Å². The Labute approximate surface area is 199 Å². The Bertz CT molecular complexity index is 1220. The van der Waals surface area contributed by atoms with Gasteiger partial charge in [-0.2, -0.15) is 0 Å². The molecule has 0 unspecified atom stereocenters. The van der Waals surface area contributed by atoms with Crippen LogP contribution >= 0.6 is 0 Å². The van der Waals surface area contributed by atoms with E-state index in [0.29, 0.717) is 24.5 Å². The molecule has 8 nitrogen and oxygen atoms in total. The van der Waals surface area contributed by atoms with Gasteiger partial charge in [-0.15, -0.1) is 0 Å². The van der Waals surface area contributed by atoms with Crippen molar-refractivity contribution in [1.82, 2.24) is 10.1 Å². The topological polar surface area (TPSA) is 98.9 Å². The van der Waals surface area contributed by atoms with Gasteiger partial charge in [0, 0.05) is 24.2 Å². The molecule has 0 N–H and O–H groups in total. The summed E-state index contributed by atoms with van der Waals surface area (Å²) in [6.45, 7) is 2.93. The third-order valence-electron chi connectivity index (χ3n) is 5.76. The van der Waals surface area contributed by atoms with Crippen molar-refractivity contribution in [3.8, 4) is 22.8 Å². The van der Waals surface area contributed by atoms with Crippen LogP contribution in [-0.2, 0) is 16.4 Å². The third kappa shape index (κ3) is 5.59. The fraction of sp³-hybridized carbons (Fsp3) is 0.360. The van der Waals surface area contributed by atoms with Crippen molar-refractivity contribution in [2.24, 2.45) is 0 Å². The lowest BCUT2D eigenvalue weighted by molar-refractivity contribution is 0.0670. The Balaban J connectivity index is 1.56. The van der Waals surface area contributed by atoms with E-state index in [4.69, 9.17) is 14.0 Å². The van der Waals surface area contributed by atoms with Gasteiger partial charge in [-0.05, 0) is 54.8 Å². The molecular weight excluding hydrogens is 456 g/mol. The molecule has 1 aromatic heterocycles. The molecule has 2 heterocycles. The Morgan fingerprint density at radius 3 is 2.44 bits per heavy atom. The van der Waals surface area contributed by atoms with Crippen LogP contribution in [0.3, 0.4) is 0 Å². The van der Waals surface area contributed by atoms with Crippen LogP contribution in [0, 0.1) is 0 Å². The first-order chi connectivity index (χ1) is 16.4. The molecule has 1 fully saturated rings. The first-order valence-electron chi connectivity index (χ1n) is 11.2. The molecule has 1 amide bonds. The number of sulfone groups is 1. The summed E-state index contributed by atoms with van der Waals surface area (Å²) in [6, 6.07) is 15.9. The van der Waals surface area contributed by atoms with E-state index < -0.39 is 15.9 Å². The molecule has 9 heteroatoms. The van der Waals surface area contributed by atoms with E-state index in [1.165, 1.54) is 0 Å². The minimum Gasteiger partial charge on any atom is -0.497 e. The summed E-state index contributed by atoms with van der Waals surface area (Å²) in [7, 11) is -1.59. The minimum absolute atomic E-state index is 0.0559. The lowest BCUT2D eigenvalue weighted by atomic mass is 10.1. The van der Waals surface area contributed by atoms with Crippen molar-refractivity contribution in [1.29, 1.82) is 0 Å². The molecule has 0 aliphatic carbocycles. The van der Waals surface area contributed by atoms with Crippen molar-refractivity contribution in [2.45, 2.75) is 32.4 Å². The Hall–Kier alpha value is -3.33. The SMILES string of the molecule is CCCOc1ccc(CN(C(=O)c2cc(-c3ccc(OC)cc3)on2)[C@@H]2CCS(=O)(=O)C2)cc1. The van der Waals surface area contributed by atoms with Crippen LogP contribution in [0.25, 0.3) is 11.3 Å². The summed E-state index contributed by atoms with van der Waals surface area (Å²) in [6.07, 6.45) is 1.31. The monoisotopic (exact) mass is 484 g/mol. The van der Waals surface area contributed by atoms with E-state index in [0.717, 1.165) is 23.3 Å². The molecule has 3 aromatic rings. The first kappa shape index (κ1) is 23.8. The number of amides is 1. The molecule has 0 bridgehead atoms. The van der Waals surface area contributed by atoms with Gasteiger partial charge in [0.1, 0.15) is 11.5 Å². The summed E-state index contributed by atoms with van der Waals surface area (Å²) < 4.78 is 40.5. The van der Waals surface area contributed by atoms with E-state index in [2.05, 4.69) is 5.16 Å². The summed E-state index contributed by atoms with van der Waals surface area (Å²) in [5.74, 6) is 1.56. The summed E-state index contributed by atoms with van der Waals surface area (Å²) >= 11 is 0. The third-order valence-corrected chi connectivity index (χ3v) is 7.51. The second-order valence-electron chi connectivity index (χ2n) is 8.29. The Kier molecular flexibility index (Phi) is 7.21. The van der Waals surface area contributed by atoms with Crippen molar-refractivity contribution in [3.05, 3.63) is 65.9 Å². The summed E-state index contributed by atoms with van der Waals surface area (Å²) in [5, 5.41) is 3.99. The highest BCUT2D eigenvalue weighted by molar-refractivity contribution is 7.91. The van der Waals surface area contributed by atoms with Gasteiger partial charge >= 0.3 is 0 Å². The standard InChI is InChI=1S/C25H28N2O6S/c1-3-13-32-22-8-4-18(5-9-22)16-27(20-12-14-34(29,30)17-20)25(28)23-15-24(33-26-23)19-6-10-21(31-2)11-7-19/h4-11,15,20H,3,12-14,16-17H2,1-2H3/t20-/m1/s1. The molecule has 1 atom stereocenters. The van der Waals surface area contributed by atoms with Gasteiger partial charge in [0.2, 0.25) is 0 Å². The van der Waals surface area contributed by atoms with Crippen LogP contribution in [0.2, 0.25) is 0 Å². The second kappa shape index (κ2) is 10.3. The number of carbonyl (C=O) groups excluding carboxylic acids is 1. The van der Waals surface area contributed by atoms with Crippen LogP contribution in [0.5, 0.6) is 11.5 Å². The van der Waals surface area contributed by atoms with E-state index >= 15 is 0 Å². The van der Waals surface area contributed by atoms with Gasteiger partial charge in [-0.3, -0.25) is 4.79 Å². The number of carbonyl (C=O) groups is 1. The fourth-order valence-electron chi connectivity index (χ4n) is 3.91. The highest BCUT2D eigenvalue weighted by Gasteiger charge is 2.36. The molecule has 0 saturated carbocycles. The number of nitrogens with zero attached hydrogens (tertiary/aromatic N) is 2.